The lowest BCUT2D eigenvalue weighted by Crippen LogP contribution is -2.11. The van der Waals surface area contributed by atoms with Gasteiger partial charge in [0.2, 0.25) is 0 Å². The number of benzene rings is 1. The molecule has 1 aromatic carbocycles. The van der Waals surface area contributed by atoms with E-state index < -0.39 is 11.1 Å². The van der Waals surface area contributed by atoms with Crippen molar-refractivity contribution in [2.75, 3.05) is 6.61 Å². The molecule has 0 atom stereocenters. The van der Waals surface area contributed by atoms with Gasteiger partial charge in [-0.3, -0.25) is 10.1 Å². The molecule has 0 bridgehead atoms. The zero-order valence-electron chi connectivity index (χ0n) is 19.4. The zero-order chi connectivity index (χ0) is 24.0. The zero-order valence-corrected chi connectivity index (χ0v) is 19.4. The Labute approximate surface area is 197 Å². The maximum Gasteiger partial charge on any atom is 0.513 e. The predicted molar refractivity (Wildman–Crippen MR) is 133 cm³/mol. The summed E-state index contributed by atoms with van der Waals surface area (Å²) < 4.78 is 9.98. The predicted octanol–water partition coefficient (Wildman–Crippen LogP) is 8.03. The molecule has 0 N–H and O–H groups in total. The Kier molecular flexibility index (Phi) is 16.1. The highest BCUT2D eigenvalue weighted by Crippen LogP contribution is 2.17. The number of hydrogen-bond donors (Lipinski definition) is 0. The number of non-ortho nitro benzene ring substituents is 1. The normalized spacial score (nSPS) is 12.0. The third-order valence-electron chi connectivity index (χ3n) is 4.39. The smallest absolute Gasteiger partial charge is 0.434 e. The van der Waals surface area contributed by atoms with E-state index in [2.05, 4.69) is 67.7 Å². The Balaban J connectivity index is 1.99. The lowest BCUT2D eigenvalue weighted by Gasteiger charge is -2.05. The molecule has 0 aliphatic rings. The molecule has 0 heterocycles. The second-order valence-corrected chi connectivity index (χ2v) is 7.16. The number of unbranched alkanes of at least 4 members (excludes halogenated alkanes) is 2. The van der Waals surface area contributed by atoms with Crippen molar-refractivity contribution in [1.29, 1.82) is 0 Å². The topological polar surface area (TPSA) is 78.7 Å². The van der Waals surface area contributed by atoms with Gasteiger partial charge in [0.05, 0.1) is 11.5 Å². The summed E-state index contributed by atoms with van der Waals surface area (Å²) in [4.78, 5) is 21.7. The van der Waals surface area contributed by atoms with Gasteiger partial charge in [-0.2, -0.15) is 0 Å². The van der Waals surface area contributed by atoms with E-state index >= 15 is 0 Å². The van der Waals surface area contributed by atoms with E-state index in [4.69, 9.17) is 9.47 Å². The van der Waals surface area contributed by atoms with Crippen LogP contribution < -0.4 is 4.74 Å². The Morgan fingerprint density at radius 2 is 1.33 bits per heavy atom. The van der Waals surface area contributed by atoms with E-state index in [1.807, 2.05) is 0 Å². The van der Waals surface area contributed by atoms with Gasteiger partial charge in [-0.1, -0.05) is 67.7 Å². The second kappa shape index (κ2) is 19.3. The van der Waals surface area contributed by atoms with Crippen molar-refractivity contribution >= 4 is 11.8 Å². The highest BCUT2D eigenvalue weighted by atomic mass is 16.7. The molecule has 33 heavy (non-hydrogen) atoms. The molecule has 0 aliphatic heterocycles. The summed E-state index contributed by atoms with van der Waals surface area (Å²) in [5.41, 5.74) is -0.0641. The molecular weight excluding hydrogens is 418 g/mol. The minimum absolute atomic E-state index is 0.0641. The van der Waals surface area contributed by atoms with Crippen LogP contribution in [0, 0.1) is 10.1 Å². The average molecular weight is 454 g/mol. The molecule has 0 saturated heterocycles. The van der Waals surface area contributed by atoms with Crippen LogP contribution in [0.2, 0.25) is 0 Å². The van der Waals surface area contributed by atoms with Crippen molar-refractivity contribution in [1.82, 2.24) is 0 Å². The SMILES string of the molecule is CCC=CCC=CCC=CCC=CCC=CCCCCOC(=O)Oc1ccc([N+](=O)[O-])cc1. The largest absolute Gasteiger partial charge is 0.513 e. The molecule has 0 unspecified atom stereocenters. The summed E-state index contributed by atoms with van der Waals surface area (Å²) in [5.74, 6) is 0.212. The van der Waals surface area contributed by atoms with Crippen LogP contribution in [0.3, 0.4) is 0 Å². The first-order valence-corrected chi connectivity index (χ1v) is 11.5. The monoisotopic (exact) mass is 453 g/mol. The summed E-state index contributed by atoms with van der Waals surface area (Å²) in [6, 6.07) is 5.27. The molecule has 0 aromatic heterocycles. The van der Waals surface area contributed by atoms with Crippen LogP contribution >= 0.6 is 0 Å². The number of rotatable bonds is 16. The standard InChI is InChI=1S/C27H35NO5/c1-2-3-4-5-6-7-8-9-10-11-12-13-14-15-16-17-18-19-24-32-27(29)33-26-22-20-25(21-23-26)28(30)31/h3-4,6-7,9-10,12-13,15-16,20-23H,2,5,8,11,14,17-19,24H2,1H3. The van der Waals surface area contributed by atoms with Gasteiger partial charge in [-0.15, -0.1) is 0 Å². The quantitative estimate of drug-likeness (QED) is 0.0632. The third kappa shape index (κ3) is 16.0. The van der Waals surface area contributed by atoms with Gasteiger partial charge in [0, 0.05) is 12.1 Å². The van der Waals surface area contributed by atoms with E-state index in [9.17, 15) is 14.9 Å². The maximum absolute atomic E-state index is 11.6. The van der Waals surface area contributed by atoms with Gasteiger partial charge in [-0.25, -0.2) is 4.79 Å². The molecule has 6 nitrogen and oxygen atoms in total. The summed E-state index contributed by atoms with van der Waals surface area (Å²) in [6.07, 6.45) is 28.4. The summed E-state index contributed by atoms with van der Waals surface area (Å²) in [7, 11) is 0. The van der Waals surface area contributed by atoms with Crippen LogP contribution in [0.4, 0.5) is 10.5 Å². The van der Waals surface area contributed by atoms with Gasteiger partial charge in [0.1, 0.15) is 5.75 Å². The Morgan fingerprint density at radius 1 is 0.818 bits per heavy atom. The van der Waals surface area contributed by atoms with Crippen molar-refractivity contribution < 1.29 is 19.2 Å². The molecular formula is C27H35NO5. The molecule has 0 radical (unpaired) electrons. The lowest BCUT2D eigenvalue weighted by atomic mass is 10.2. The third-order valence-corrected chi connectivity index (χ3v) is 4.39. The fourth-order valence-electron chi connectivity index (χ4n) is 2.65. The molecule has 0 aliphatic carbocycles. The highest BCUT2D eigenvalue weighted by Gasteiger charge is 2.08. The van der Waals surface area contributed by atoms with Gasteiger partial charge in [0.15, 0.2) is 0 Å². The van der Waals surface area contributed by atoms with E-state index in [-0.39, 0.29) is 18.0 Å². The van der Waals surface area contributed by atoms with Crippen molar-refractivity contribution in [3.63, 3.8) is 0 Å². The van der Waals surface area contributed by atoms with Gasteiger partial charge < -0.3 is 9.47 Å². The number of ether oxygens (including phenoxy) is 2. The van der Waals surface area contributed by atoms with Crippen LogP contribution in [0.15, 0.2) is 85.0 Å². The summed E-state index contributed by atoms with van der Waals surface area (Å²) in [5, 5.41) is 10.6. The molecule has 0 amide bonds. The van der Waals surface area contributed by atoms with Crippen molar-refractivity contribution in [2.45, 2.75) is 58.3 Å². The Morgan fingerprint density at radius 3 is 1.85 bits per heavy atom. The molecule has 0 fully saturated rings. The molecule has 1 aromatic rings. The van der Waals surface area contributed by atoms with Gasteiger partial charge >= 0.3 is 6.16 Å². The number of nitro benzene ring substituents is 1. The number of hydrogen-bond acceptors (Lipinski definition) is 5. The number of nitro groups is 1. The lowest BCUT2D eigenvalue weighted by molar-refractivity contribution is -0.384. The second-order valence-electron chi connectivity index (χ2n) is 7.16. The van der Waals surface area contributed by atoms with Crippen LogP contribution in [0.1, 0.15) is 58.3 Å². The van der Waals surface area contributed by atoms with Crippen LogP contribution in [0.5, 0.6) is 5.75 Å². The molecule has 0 spiro atoms. The first kappa shape index (κ1) is 27.6. The van der Waals surface area contributed by atoms with E-state index in [1.54, 1.807) is 0 Å². The van der Waals surface area contributed by atoms with E-state index in [0.29, 0.717) is 0 Å². The Hall–Kier alpha value is -3.41. The van der Waals surface area contributed by atoms with Crippen molar-refractivity contribution in [3.05, 3.63) is 95.1 Å². The minimum Gasteiger partial charge on any atom is -0.434 e. The van der Waals surface area contributed by atoms with Crippen LogP contribution in [0.25, 0.3) is 0 Å². The van der Waals surface area contributed by atoms with Gasteiger partial charge in [-0.05, 0) is 63.5 Å². The number of nitrogens with zero attached hydrogens (tertiary/aromatic N) is 1. The van der Waals surface area contributed by atoms with Crippen molar-refractivity contribution in [2.24, 2.45) is 0 Å². The first-order chi connectivity index (χ1) is 16.1. The number of carbonyl (C=O) groups is 1. The molecule has 6 heteroatoms. The maximum atomic E-state index is 11.6. The molecule has 1 rings (SSSR count). The molecule has 178 valence electrons. The van der Waals surface area contributed by atoms with Crippen LogP contribution in [-0.4, -0.2) is 17.7 Å². The number of allylic oxidation sites excluding steroid dienone is 10. The Bertz CT molecular complexity index is 819. The van der Waals surface area contributed by atoms with E-state index in [0.717, 1.165) is 51.4 Å². The van der Waals surface area contributed by atoms with Gasteiger partial charge in [0.25, 0.3) is 5.69 Å². The molecule has 0 saturated carbocycles. The fraction of sp³-hybridized carbons (Fsp3) is 0.370. The number of carbonyl (C=O) groups excluding carboxylic acids is 1. The van der Waals surface area contributed by atoms with E-state index in [1.165, 1.54) is 24.3 Å². The minimum atomic E-state index is -0.807. The average Bonchev–Trinajstić information content (AvgIpc) is 2.81. The van der Waals surface area contributed by atoms with Crippen LogP contribution in [-0.2, 0) is 4.74 Å². The van der Waals surface area contributed by atoms with Crippen molar-refractivity contribution in [3.8, 4) is 5.75 Å². The first-order valence-electron chi connectivity index (χ1n) is 11.5. The summed E-state index contributed by atoms with van der Waals surface area (Å²) >= 11 is 0. The summed E-state index contributed by atoms with van der Waals surface area (Å²) in [6.45, 7) is 2.41. The highest BCUT2D eigenvalue weighted by molar-refractivity contribution is 5.63. The fourth-order valence-corrected chi connectivity index (χ4v) is 2.65.